The van der Waals surface area contributed by atoms with Crippen LogP contribution in [0.4, 0.5) is 29.2 Å². The lowest BCUT2D eigenvalue weighted by Crippen LogP contribution is -2.17. The molecule has 8 nitrogen and oxygen atoms in total. The van der Waals surface area contributed by atoms with Crippen LogP contribution in [-0.4, -0.2) is 32.2 Å². The number of nitrogens with one attached hydrogen (secondary N) is 2. The zero-order chi connectivity index (χ0) is 24.2. The summed E-state index contributed by atoms with van der Waals surface area (Å²) in [7, 11) is 0. The Morgan fingerprint density at radius 1 is 1.21 bits per heavy atom. The van der Waals surface area contributed by atoms with Crippen LogP contribution in [0.3, 0.4) is 0 Å². The Balaban J connectivity index is 1.59. The van der Waals surface area contributed by atoms with Gasteiger partial charge < -0.3 is 11.2 Å². The van der Waals surface area contributed by atoms with Crippen LogP contribution in [0.15, 0.2) is 52.7 Å². The summed E-state index contributed by atoms with van der Waals surface area (Å²) in [5.74, 6) is 4.81. The molecular weight excluding hydrogens is 486 g/mol. The molecule has 3 aromatic rings. The van der Waals surface area contributed by atoms with Crippen LogP contribution >= 0.6 is 23.4 Å². The van der Waals surface area contributed by atoms with Crippen molar-refractivity contribution in [3.63, 3.8) is 0 Å². The highest BCUT2D eigenvalue weighted by atomic mass is 35.5. The molecule has 0 radical (unpaired) electrons. The maximum Gasteiger partial charge on any atom is 0.417 e. The van der Waals surface area contributed by atoms with E-state index in [1.165, 1.54) is 18.2 Å². The molecule has 3 rings (SSSR count). The average molecular weight is 502 g/mol. The van der Waals surface area contributed by atoms with Gasteiger partial charge in [0.05, 0.1) is 22.1 Å². The van der Waals surface area contributed by atoms with Crippen molar-refractivity contribution in [3.8, 4) is 0 Å². The Hall–Kier alpha value is -3.32. The molecule has 0 unspecified atom stereocenters. The summed E-state index contributed by atoms with van der Waals surface area (Å²) in [6.45, 7) is 1.69. The zero-order valence-electron chi connectivity index (χ0n) is 16.8. The van der Waals surface area contributed by atoms with E-state index in [0.717, 1.165) is 28.6 Å². The number of nitrogens with zero attached hydrogens (tertiary/aromatic N) is 4. The van der Waals surface area contributed by atoms with Crippen molar-refractivity contribution in [2.75, 3.05) is 22.3 Å². The van der Waals surface area contributed by atoms with Crippen LogP contribution < -0.4 is 16.6 Å². The van der Waals surface area contributed by atoms with Gasteiger partial charge in [-0.1, -0.05) is 35.5 Å². The van der Waals surface area contributed by atoms with Crippen LogP contribution in [-0.2, 0) is 11.0 Å². The predicted molar refractivity (Wildman–Crippen MR) is 118 cm³/mol. The standard InChI is InChI=1S/C19H16ClF4N7OS/c1-10(11-2-4-12(21)5-3-11)27-28-17-29-30-18(31(17)25)33-9-16(32)26-13-6-7-15(20)14(8-13)19(22,23)24/h2-8H,9,25H2,1H3,(H,26,32)(H,28,29)/b27-10+. The molecule has 0 atom stereocenters. The number of benzene rings is 2. The fourth-order valence-corrected chi connectivity index (χ4v) is 3.37. The van der Waals surface area contributed by atoms with E-state index in [2.05, 4.69) is 26.0 Å². The highest BCUT2D eigenvalue weighted by Crippen LogP contribution is 2.36. The van der Waals surface area contributed by atoms with Crippen molar-refractivity contribution in [2.24, 2.45) is 5.10 Å². The lowest BCUT2D eigenvalue weighted by molar-refractivity contribution is -0.137. The van der Waals surface area contributed by atoms with Gasteiger partial charge in [-0.3, -0.25) is 4.79 Å². The van der Waals surface area contributed by atoms with Crippen LogP contribution in [0, 0.1) is 5.82 Å². The van der Waals surface area contributed by atoms with E-state index < -0.39 is 22.7 Å². The molecule has 0 saturated heterocycles. The number of anilines is 2. The van der Waals surface area contributed by atoms with Crippen molar-refractivity contribution >= 4 is 46.6 Å². The normalized spacial score (nSPS) is 12.0. The highest BCUT2D eigenvalue weighted by Gasteiger charge is 2.33. The highest BCUT2D eigenvalue weighted by molar-refractivity contribution is 7.99. The molecule has 1 amide bonds. The first-order valence-corrected chi connectivity index (χ1v) is 10.5. The van der Waals surface area contributed by atoms with Gasteiger partial charge >= 0.3 is 6.18 Å². The Bertz CT molecular complexity index is 1180. The fraction of sp³-hybridized carbons (Fsp3) is 0.158. The number of halogens is 5. The van der Waals surface area contributed by atoms with E-state index in [9.17, 15) is 22.4 Å². The molecule has 174 valence electrons. The largest absolute Gasteiger partial charge is 0.417 e. The van der Waals surface area contributed by atoms with Crippen molar-refractivity contribution in [1.82, 2.24) is 14.9 Å². The van der Waals surface area contributed by atoms with Gasteiger partial charge in [-0.2, -0.15) is 18.3 Å². The van der Waals surface area contributed by atoms with E-state index in [1.807, 2.05) is 0 Å². The van der Waals surface area contributed by atoms with Crippen molar-refractivity contribution in [2.45, 2.75) is 18.3 Å². The molecule has 0 aliphatic rings. The number of aromatic nitrogens is 3. The summed E-state index contributed by atoms with van der Waals surface area (Å²) in [6.07, 6.45) is -4.65. The maximum absolute atomic E-state index is 13.0. The number of carbonyl (C=O) groups excluding carboxylic acids is 1. The van der Waals surface area contributed by atoms with Gasteiger partial charge in [0.1, 0.15) is 5.82 Å². The third-order valence-electron chi connectivity index (χ3n) is 4.14. The zero-order valence-corrected chi connectivity index (χ0v) is 18.4. The fourth-order valence-electron chi connectivity index (χ4n) is 2.49. The number of alkyl halides is 3. The SMILES string of the molecule is C/C(=N\Nc1nnc(SCC(=O)Nc2ccc(Cl)c(C(F)(F)F)c2)n1N)c1ccc(F)cc1. The minimum Gasteiger partial charge on any atom is -0.334 e. The molecule has 0 bridgehead atoms. The number of carbonyl (C=O) groups is 1. The summed E-state index contributed by atoms with van der Waals surface area (Å²) in [5.41, 5.74) is 2.73. The number of nitrogen functional groups attached to an aromatic ring is 1. The molecule has 0 fully saturated rings. The smallest absolute Gasteiger partial charge is 0.334 e. The summed E-state index contributed by atoms with van der Waals surface area (Å²) in [4.78, 5) is 12.1. The first-order valence-electron chi connectivity index (χ1n) is 9.10. The van der Waals surface area contributed by atoms with Crippen molar-refractivity contribution in [1.29, 1.82) is 0 Å². The van der Waals surface area contributed by atoms with Gasteiger partial charge in [-0.05, 0) is 42.8 Å². The number of amides is 1. The van der Waals surface area contributed by atoms with Gasteiger partial charge in [0.25, 0.3) is 5.95 Å². The third kappa shape index (κ3) is 6.35. The quantitative estimate of drug-likeness (QED) is 0.146. The number of nitrogens with two attached hydrogens (primary N) is 1. The van der Waals surface area contributed by atoms with Crippen LogP contribution in [0.1, 0.15) is 18.1 Å². The first kappa shape index (κ1) is 24.3. The number of hydrazone groups is 1. The van der Waals surface area contributed by atoms with Crippen molar-refractivity contribution < 1.29 is 22.4 Å². The molecule has 14 heteroatoms. The molecule has 0 aliphatic carbocycles. The number of hydrogen-bond acceptors (Lipinski definition) is 7. The van der Waals surface area contributed by atoms with E-state index >= 15 is 0 Å². The van der Waals surface area contributed by atoms with Crippen LogP contribution in [0.25, 0.3) is 0 Å². The Kier molecular flexibility index (Phi) is 7.43. The van der Waals surface area contributed by atoms with Gasteiger partial charge in [-0.15, -0.1) is 10.2 Å². The molecule has 1 heterocycles. The third-order valence-corrected chi connectivity index (χ3v) is 5.41. The summed E-state index contributed by atoms with van der Waals surface area (Å²) < 4.78 is 52.9. The second-order valence-electron chi connectivity index (χ2n) is 6.52. The maximum atomic E-state index is 13.0. The number of rotatable bonds is 7. The molecular formula is C19H16ClF4N7OS. The van der Waals surface area contributed by atoms with Crippen molar-refractivity contribution in [3.05, 3.63) is 64.4 Å². The van der Waals surface area contributed by atoms with Crippen LogP contribution in [0.5, 0.6) is 0 Å². The minimum absolute atomic E-state index is 0.0560. The lowest BCUT2D eigenvalue weighted by atomic mass is 10.1. The molecule has 4 N–H and O–H groups in total. The van der Waals surface area contributed by atoms with E-state index in [1.54, 1.807) is 19.1 Å². The Morgan fingerprint density at radius 3 is 2.58 bits per heavy atom. The van der Waals surface area contributed by atoms with Gasteiger partial charge in [-0.25, -0.2) is 14.5 Å². The monoisotopic (exact) mass is 501 g/mol. The number of thioether (sulfide) groups is 1. The summed E-state index contributed by atoms with van der Waals surface area (Å²) in [5, 5.41) is 13.8. The lowest BCUT2D eigenvalue weighted by Gasteiger charge is -2.11. The minimum atomic E-state index is -4.65. The summed E-state index contributed by atoms with van der Waals surface area (Å²) in [6, 6.07) is 8.77. The van der Waals surface area contributed by atoms with Gasteiger partial charge in [0, 0.05) is 5.69 Å². The van der Waals surface area contributed by atoms with E-state index in [-0.39, 0.29) is 28.4 Å². The number of hydrogen-bond donors (Lipinski definition) is 3. The molecule has 1 aromatic heterocycles. The average Bonchev–Trinajstić information content (AvgIpc) is 3.11. The molecule has 33 heavy (non-hydrogen) atoms. The summed E-state index contributed by atoms with van der Waals surface area (Å²) >= 11 is 6.48. The second-order valence-corrected chi connectivity index (χ2v) is 7.87. The molecule has 2 aromatic carbocycles. The topological polar surface area (TPSA) is 110 Å². The van der Waals surface area contributed by atoms with Gasteiger partial charge in [0.15, 0.2) is 0 Å². The molecule has 0 saturated carbocycles. The van der Waals surface area contributed by atoms with Crippen LogP contribution in [0.2, 0.25) is 5.02 Å². The van der Waals surface area contributed by atoms with E-state index in [0.29, 0.717) is 11.3 Å². The molecule has 0 aliphatic heterocycles. The van der Waals surface area contributed by atoms with Gasteiger partial charge in [0.2, 0.25) is 11.1 Å². The molecule has 0 spiro atoms. The first-order chi connectivity index (χ1) is 15.5. The second kappa shape index (κ2) is 10.1. The van der Waals surface area contributed by atoms with E-state index in [4.69, 9.17) is 17.4 Å². The predicted octanol–water partition coefficient (Wildman–Crippen LogP) is 4.37. The Labute approximate surface area is 194 Å². The Morgan fingerprint density at radius 2 is 1.91 bits per heavy atom.